The van der Waals surface area contributed by atoms with Crippen LogP contribution in [-0.2, 0) is 6.42 Å². The summed E-state index contributed by atoms with van der Waals surface area (Å²) in [4.78, 5) is 4.14. The van der Waals surface area contributed by atoms with Gasteiger partial charge in [-0.3, -0.25) is 0 Å². The Morgan fingerprint density at radius 1 is 1.40 bits per heavy atom. The highest BCUT2D eigenvalue weighted by Gasteiger charge is 2.10. The Morgan fingerprint density at radius 3 is 2.87 bits per heavy atom. The Morgan fingerprint density at radius 2 is 2.20 bits per heavy atom. The van der Waals surface area contributed by atoms with Gasteiger partial charge in [0, 0.05) is 5.56 Å². The highest BCUT2D eigenvalue weighted by molar-refractivity contribution is 5.58. The van der Waals surface area contributed by atoms with Crippen LogP contribution in [-0.4, -0.2) is 10.1 Å². The first-order chi connectivity index (χ1) is 7.31. The van der Waals surface area contributed by atoms with E-state index >= 15 is 0 Å². The smallest absolute Gasteiger partial charge is 0.258 e. The van der Waals surface area contributed by atoms with E-state index in [1.54, 1.807) is 6.92 Å². The first-order valence-electron chi connectivity index (χ1n) is 4.57. The molecule has 0 N–H and O–H groups in total. The topological polar surface area (TPSA) is 62.7 Å². The van der Waals surface area contributed by atoms with Gasteiger partial charge in [-0.2, -0.15) is 10.2 Å². The predicted molar refractivity (Wildman–Crippen MR) is 53.8 cm³/mol. The third-order valence-electron chi connectivity index (χ3n) is 2.04. The van der Waals surface area contributed by atoms with Crippen molar-refractivity contribution in [3.63, 3.8) is 0 Å². The minimum atomic E-state index is 0.345. The Hall–Kier alpha value is -2.15. The SMILES string of the molecule is Cc1noc(-c2ccccc2CC#N)n1. The molecular weight excluding hydrogens is 190 g/mol. The molecule has 0 amide bonds. The molecular formula is C11H9N3O. The lowest BCUT2D eigenvalue weighted by atomic mass is 10.1. The fourth-order valence-electron chi connectivity index (χ4n) is 1.37. The Balaban J connectivity index is 2.48. The molecule has 15 heavy (non-hydrogen) atoms. The second-order valence-electron chi connectivity index (χ2n) is 3.14. The molecule has 4 nitrogen and oxygen atoms in total. The summed E-state index contributed by atoms with van der Waals surface area (Å²) >= 11 is 0. The van der Waals surface area contributed by atoms with E-state index in [0.717, 1.165) is 11.1 Å². The highest BCUT2D eigenvalue weighted by Crippen LogP contribution is 2.21. The number of rotatable bonds is 2. The molecule has 1 aromatic heterocycles. The van der Waals surface area contributed by atoms with Crippen molar-refractivity contribution < 1.29 is 4.52 Å². The van der Waals surface area contributed by atoms with Gasteiger partial charge in [0.1, 0.15) is 0 Å². The molecule has 0 saturated heterocycles. The van der Waals surface area contributed by atoms with Crippen molar-refractivity contribution in [2.24, 2.45) is 0 Å². The molecule has 4 heteroatoms. The summed E-state index contributed by atoms with van der Waals surface area (Å²) < 4.78 is 5.07. The summed E-state index contributed by atoms with van der Waals surface area (Å²) in [5, 5.41) is 12.4. The fourth-order valence-corrected chi connectivity index (χ4v) is 1.37. The van der Waals surface area contributed by atoms with Crippen LogP contribution in [0.1, 0.15) is 11.4 Å². The number of hydrogen-bond acceptors (Lipinski definition) is 4. The van der Waals surface area contributed by atoms with E-state index < -0.39 is 0 Å². The lowest BCUT2D eigenvalue weighted by molar-refractivity contribution is 0.425. The van der Waals surface area contributed by atoms with Crippen molar-refractivity contribution in [2.45, 2.75) is 13.3 Å². The maximum Gasteiger partial charge on any atom is 0.258 e. The first kappa shape index (κ1) is 9.41. The molecule has 2 rings (SSSR count). The number of nitrogens with zero attached hydrogens (tertiary/aromatic N) is 3. The van der Waals surface area contributed by atoms with Crippen molar-refractivity contribution in [1.29, 1.82) is 5.26 Å². The van der Waals surface area contributed by atoms with E-state index in [1.807, 2.05) is 24.3 Å². The van der Waals surface area contributed by atoms with Gasteiger partial charge in [-0.15, -0.1) is 0 Å². The van der Waals surface area contributed by atoms with Crippen LogP contribution >= 0.6 is 0 Å². The summed E-state index contributed by atoms with van der Waals surface area (Å²) in [5.74, 6) is 1.06. The maximum atomic E-state index is 8.68. The third-order valence-corrected chi connectivity index (χ3v) is 2.04. The van der Waals surface area contributed by atoms with Crippen LogP contribution in [0.4, 0.5) is 0 Å². The quantitative estimate of drug-likeness (QED) is 0.743. The van der Waals surface area contributed by atoms with Crippen LogP contribution in [0.15, 0.2) is 28.8 Å². The molecule has 0 spiro atoms. The van der Waals surface area contributed by atoms with Gasteiger partial charge < -0.3 is 4.52 Å². The molecule has 0 radical (unpaired) electrons. The monoisotopic (exact) mass is 199 g/mol. The van der Waals surface area contributed by atoms with Crippen molar-refractivity contribution in [1.82, 2.24) is 10.1 Å². The van der Waals surface area contributed by atoms with Gasteiger partial charge in [-0.05, 0) is 18.6 Å². The normalized spacial score (nSPS) is 9.87. The van der Waals surface area contributed by atoms with Gasteiger partial charge in [0.2, 0.25) is 0 Å². The lowest BCUT2D eigenvalue weighted by Gasteiger charge is -2.00. The molecule has 0 atom stereocenters. The number of nitriles is 1. The molecule has 0 aliphatic heterocycles. The van der Waals surface area contributed by atoms with E-state index in [0.29, 0.717) is 18.1 Å². The third kappa shape index (κ3) is 1.86. The van der Waals surface area contributed by atoms with Crippen LogP contribution < -0.4 is 0 Å². The molecule has 0 aliphatic rings. The van der Waals surface area contributed by atoms with Gasteiger partial charge in [0.15, 0.2) is 5.82 Å². The van der Waals surface area contributed by atoms with E-state index in [-0.39, 0.29) is 0 Å². The van der Waals surface area contributed by atoms with E-state index in [2.05, 4.69) is 16.2 Å². The predicted octanol–water partition coefficient (Wildman–Crippen LogP) is 2.11. The summed E-state index contributed by atoms with van der Waals surface area (Å²) in [6.07, 6.45) is 0.345. The molecule has 0 bridgehead atoms. The van der Waals surface area contributed by atoms with Crippen molar-refractivity contribution in [3.05, 3.63) is 35.7 Å². The van der Waals surface area contributed by atoms with Gasteiger partial charge in [0.25, 0.3) is 5.89 Å². The number of hydrogen-bond donors (Lipinski definition) is 0. The largest absolute Gasteiger partial charge is 0.334 e. The molecule has 0 aliphatic carbocycles. The standard InChI is InChI=1S/C11H9N3O/c1-8-13-11(15-14-8)10-5-3-2-4-9(10)6-7-12/h2-5H,6H2,1H3. The zero-order chi connectivity index (χ0) is 10.7. The molecule has 74 valence electrons. The van der Waals surface area contributed by atoms with Gasteiger partial charge in [0.05, 0.1) is 12.5 Å². The second-order valence-corrected chi connectivity index (χ2v) is 3.14. The number of aromatic nitrogens is 2. The minimum absolute atomic E-state index is 0.345. The Labute approximate surface area is 87.2 Å². The van der Waals surface area contributed by atoms with E-state index in [9.17, 15) is 0 Å². The maximum absolute atomic E-state index is 8.68. The molecule has 2 aromatic rings. The number of aryl methyl sites for hydroxylation is 1. The zero-order valence-electron chi connectivity index (χ0n) is 8.27. The van der Waals surface area contributed by atoms with Gasteiger partial charge in [-0.1, -0.05) is 23.4 Å². The fraction of sp³-hybridized carbons (Fsp3) is 0.182. The Kier molecular flexibility index (Phi) is 2.46. The van der Waals surface area contributed by atoms with Gasteiger partial charge >= 0.3 is 0 Å². The Bertz CT molecular complexity index is 511. The molecule has 0 fully saturated rings. The summed E-state index contributed by atoms with van der Waals surface area (Å²) in [6.45, 7) is 1.76. The molecule has 0 unspecified atom stereocenters. The summed E-state index contributed by atoms with van der Waals surface area (Å²) in [5.41, 5.74) is 1.74. The zero-order valence-corrected chi connectivity index (χ0v) is 8.27. The van der Waals surface area contributed by atoms with Crippen LogP contribution in [0.25, 0.3) is 11.5 Å². The van der Waals surface area contributed by atoms with Crippen LogP contribution in [0.3, 0.4) is 0 Å². The summed E-state index contributed by atoms with van der Waals surface area (Å²) in [6, 6.07) is 9.65. The molecule has 1 heterocycles. The van der Waals surface area contributed by atoms with Crippen molar-refractivity contribution in [3.8, 4) is 17.5 Å². The highest BCUT2D eigenvalue weighted by atomic mass is 16.5. The lowest BCUT2D eigenvalue weighted by Crippen LogP contribution is -1.88. The van der Waals surface area contributed by atoms with Crippen LogP contribution in [0.2, 0.25) is 0 Å². The molecule has 0 saturated carbocycles. The average molecular weight is 199 g/mol. The van der Waals surface area contributed by atoms with Crippen LogP contribution in [0, 0.1) is 18.3 Å². The van der Waals surface area contributed by atoms with Gasteiger partial charge in [-0.25, -0.2) is 0 Å². The van der Waals surface area contributed by atoms with E-state index in [4.69, 9.17) is 9.78 Å². The minimum Gasteiger partial charge on any atom is -0.334 e. The summed E-state index contributed by atoms with van der Waals surface area (Å²) in [7, 11) is 0. The van der Waals surface area contributed by atoms with Crippen LogP contribution in [0.5, 0.6) is 0 Å². The molecule has 1 aromatic carbocycles. The number of benzene rings is 1. The average Bonchev–Trinajstić information content (AvgIpc) is 2.66. The van der Waals surface area contributed by atoms with Crippen molar-refractivity contribution >= 4 is 0 Å². The first-order valence-corrected chi connectivity index (χ1v) is 4.57. The van der Waals surface area contributed by atoms with Crippen molar-refractivity contribution in [2.75, 3.05) is 0 Å². The van der Waals surface area contributed by atoms with E-state index in [1.165, 1.54) is 0 Å². The second kappa shape index (κ2) is 3.93.